The van der Waals surface area contributed by atoms with E-state index < -0.39 is 5.97 Å². The Labute approximate surface area is 153 Å². The minimum absolute atomic E-state index is 0.0530. The molecule has 0 atom stereocenters. The maximum atomic E-state index is 12.3. The number of methoxy groups -OCH3 is 1. The van der Waals surface area contributed by atoms with Gasteiger partial charge in [0.05, 0.1) is 13.7 Å². The fraction of sp³-hybridized carbons (Fsp3) is 0.400. The summed E-state index contributed by atoms with van der Waals surface area (Å²) < 4.78 is 10.1. The average Bonchev–Trinajstić information content (AvgIpc) is 3.15. The second kappa shape index (κ2) is 8.67. The fourth-order valence-electron chi connectivity index (χ4n) is 3.18. The average molecular weight is 356 g/mol. The first-order valence-electron chi connectivity index (χ1n) is 8.86. The first-order valence-corrected chi connectivity index (χ1v) is 8.86. The summed E-state index contributed by atoms with van der Waals surface area (Å²) in [6, 6.07) is 13.4. The van der Waals surface area contributed by atoms with Crippen molar-refractivity contribution in [2.24, 2.45) is 5.92 Å². The molecule has 0 bridgehead atoms. The molecule has 0 radical (unpaired) electrons. The number of ether oxygens (including phenoxy) is 1. The Morgan fingerprint density at radius 1 is 1.15 bits per heavy atom. The van der Waals surface area contributed by atoms with Crippen LogP contribution in [0.15, 0.2) is 46.9 Å². The van der Waals surface area contributed by atoms with Crippen molar-refractivity contribution in [3.05, 3.63) is 59.5 Å². The highest BCUT2D eigenvalue weighted by Crippen LogP contribution is 2.20. The fourth-order valence-corrected chi connectivity index (χ4v) is 3.18. The molecule has 1 aromatic heterocycles. The van der Waals surface area contributed by atoms with Crippen LogP contribution in [-0.4, -0.2) is 37.0 Å². The summed E-state index contributed by atoms with van der Waals surface area (Å²) in [5.41, 5.74) is 1.11. The van der Waals surface area contributed by atoms with Gasteiger partial charge >= 0.3 is 5.97 Å². The number of esters is 1. The molecule has 1 aromatic carbocycles. The van der Waals surface area contributed by atoms with E-state index in [0.717, 1.165) is 37.3 Å². The van der Waals surface area contributed by atoms with Crippen LogP contribution in [0.5, 0.6) is 0 Å². The SMILES string of the molecule is COC(=O)c1ccc(CN2CCC(C(=O)NCc3ccccc3)CC2)o1. The minimum Gasteiger partial charge on any atom is -0.463 e. The van der Waals surface area contributed by atoms with Crippen LogP contribution in [-0.2, 0) is 22.6 Å². The van der Waals surface area contributed by atoms with Crippen molar-refractivity contribution in [2.75, 3.05) is 20.2 Å². The van der Waals surface area contributed by atoms with Crippen LogP contribution in [0.4, 0.5) is 0 Å². The molecule has 6 heteroatoms. The van der Waals surface area contributed by atoms with E-state index in [-0.39, 0.29) is 17.6 Å². The molecule has 1 aliphatic rings. The summed E-state index contributed by atoms with van der Waals surface area (Å²) in [5, 5.41) is 3.03. The molecule has 0 aliphatic carbocycles. The van der Waals surface area contributed by atoms with E-state index >= 15 is 0 Å². The number of carbonyl (C=O) groups excluding carboxylic acids is 2. The Hall–Kier alpha value is -2.60. The third-order valence-electron chi connectivity index (χ3n) is 4.70. The van der Waals surface area contributed by atoms with Crippen molar-refractivity contribution in [3.8, 4) is 0 Å². The van der Waals surface area contributed by atoms with E-state index in [0.29, 0.717) is 13.1 Å². The number of furan rings is 1. The van der Waals surface area contributed by atoms with E-state index in [4.69, 9.17) is 4.42 Å². The van der Waals surface area contributed by atoms with E-state index in [2.05, 4.69) is 15.0 Å². The molecule has 1 aliphatic heterocycles. The number of nitrogens with zero attached hydrogens (tertiary/aromatic N) is 1. The summed E-state index contributed by atoms with van der Waals surface area (Å²) in [4.78, 5) is 26.0. The maximum absolute atomic E-state index is 12.3. The Balaban J connectivity index is 1.43. The molecule has 1 N–H and O–H groups in total. The van der Waals surface area contributed by atoms with Crippen LogP contribution >= 0.6 is 0 Å². The molecule has 6 nitrogen and oxygen atoms in total. The van der Waals surface area contributed by atoms with Gasteiger partial charge in [-0.2, -0.15) is 0 Å². The number of hydrogen-bond donors (Lipinski definition) is 1. The van der Waals surface area contributed by atoms with Crippen molar-refractivity contribution in [1.82, 2.24) is 10.2 Å². The predicted octanol–water partition coefficient (Wildman–Crippen LogP) is 2.59. The van der Waals surface area contributed by atoms with Crippen molar-refractivity contribution >= 4 is 11.9 Å². The molecular weight excluding hydrogens is 332 g/mol. The minimum atomic E-state index is -0.468. The molecule has 0 spiro atoms. The lowest BCUT2D eigenvalue weighted by Gasteiger charge is -2.30. The van der Waals surface area contributed by atoms with Crippen LogP contribution < -0.4 is 5.32 Å². The highest BCUT2D eigenvalue weighted by molar-refractivity contribution is 5.86. The molecule has 3 rings (SSSR count). The molecule has 1 amide bonds. The lowest BCUT2D eigenvalue weighted by molar-refractivity contribution is -0.126. The first kappa shape index (κ1) is 18.2. The third kappa shape index (κ3) is 4.73. The van der Waals surface area contributed by atoms with Gasteiger partial charge < -0.3 is 14.5 Å². The Morgan fingerprint density at radius 2 is 1.88 bits per heavy atom. The predicted molar refractivity (Wildman–Crippen MR) is 96.3 cm³/mol. The van der Waals surface area contributed by atoms with Crippen LogP contribution in [0.1, 0.15) is 34.7 Å². The molecule has 26 heavy (non-hydrogen) atoms. The van der Waals surface area contributed by atoms with Gasteiger partial charge in [0.1, 0.15) is 5.76 Å². The summed E-state index contributed by atoms with van der Waals surface area (Å²) in [7, 11) is 1.33. The molecule has 138 valence electrons. The topological polar surface area (TPSA) is 71.8 Å². The number of nitrogens with one attached hydrogen (secondary N) is 1. The number of benzene rings is 1. The first-order chi connectivity index (χ1) is 12.7. The maximum Gasteiger partial charge on any atom is 0.373 e. The summed E-state index contributed by atoms with van der Waals surface area (Å²) in [6.45, 7) is 2.87. The standard InChI is InChI=1S/C20H24N2O4/c1-25-20(24)18-8-7-17(26-18)14-22-11-9-16(10-12-22)19(23)21-13-15-5-3-2-4-6-15/h2-8,16H,9-14H2,1H3,(H,21,23). The number of hydrogen-bond acceptors (Lipinski definition) is 5. The number of likely N-dealkylation sites (tertiary alicyclic amines) is 1. The van der Waals surface area contributed by atoms with Gasteiger partial charge in [-0.15, -0.1) is 0 Å². The van der Waals surface area contributed by atoms with Crippen LogP contribution in [0, 0.1) is 5.92 Å². The van der Waals surface area contributed by atoms with Crippen LogP contribution in [0.25, 0.3) is 0 Å². The largest absolute Gasteiger partial charge is 0.463 e. The van der Waals surface area contributed by atoms with E-state index in [1.165, 1.54) is 7.11 Å². The van der Waals surface area contributed by atoms with Gasteiger partial charge in [-0.1, -0.05) is 30.3 Å². The van der Waals surface area contributed by atoms with Gasteiger partial charge in [0.2, 0.25) is 11.7 Å². The number of piperidine rings is 1. The Morgan fingerprint density at radius 3 is 2.58 bits per heavy atom. The van der Waals surface area contributed by atoms with Crippen LogP contribution in [0.2, 0.25) is 0 Å². The third-order valence-corrected chi connectivity index (χ3v) is 4.70. The van der Waals surface area contributed by atoms with Crippen molar-refractivity contribution in [2.45, 2.75) is 25.9 Å². The Kier molecular flexibility index (Phi) is 6.07. The zero-order chi connectivity index (χ0) is 18.4. The lowest BCUT2D eigenvalue weighted by atomic mass is 9.95. The molecule has 2 aromatic rings. The second-order valence-electron chi connectivity index (χ2n) is 6.51. The zero-order valence-electron chi connectivity index (χ0n) is 14.9. The number of rotatable bonds is 6. The molecule has 2 heterocycles. The van der Waals surface area contributed by atoms with E-state index in [1.54, 1.807) is 12.1 Å². The van der Waals surface area contributed by atoms with Crippen molar-refractivity contribution in [3.63, 3.8) is 0 Å². The number of carbonyl (C=O) groups is 2. The highest BCUT2D eigenvalue weighted by atomic mass is 16.5. The quantitative estimate of drug-likeness (QED) is 0.806. The second-order valence-corrected chi connectivity index (χ2v) is 6.51. The van der Waals surface area contributed by atoms with Crippen molar-refractivity contribution < 1.29 is 18.7 Å². The van der Waals surface area contributed by atoms with Crippen LogP contribution in [0.3, 0.4) is 0 Å². The van der Waals surface area contributed by atoms with E-state index in [9.17, 15) is 9.59 Å². The molecule has 1 fully saturated rings. The van der Waals surface area contributed by atoms with Gasteiger partial charge in [-0.3, -0.25) is 9.69 Å². The van der Waals surface area contributed by atoms with Gasteiger partial charge in [0.15, 0.2) is 0 Å². The molecule has 1 saturated heterocycles. The van der Waals surface area contributed by atoms with Gasteiger partial charge in [0, 0.05) is 12.5 Å². The summed E-state index contributed by atoms with van der Waals surface area (Å²) >= 11 is 0. The van der Waals surface area contributed by atoms with Gasteiger partial charge in [-0.25, -0.2) is 4.79 Å². The molecule has 0 saturated carbocycles. The lowest BCUT2D eigenvalue weighted by Crippen LogP contribution is -2.40. The monoisotopic (exact) mass is 356 g/mol. The molecular formula is C20H24N2O4. The Bertz CT molecular complexity index is 733. The number of amides is 1. The van der Waals surface area contributed by atoms with E-state index in [1.807, 2.05) is 30.3 Å². The zero-order valence-corrected chi connectivity index (χ0v) is 14.9. The summed E-state index contributed by atoms with van der Waals surface area (Å²) in [5.74, 6) is 0.664. The van der Waals surface area contributed by atoms with Crippen molar-refractivity contribution in [1.29, 1.82) is 0 Å². The summed E-state index contributed by atoms with van der Waals surface area (Å²) in [6.07, 6.45) is 1.65. The molecule has 0 unspecified atom stereocenters. The van der Waals surface area contributed by atoms with Gasteiger partial charge in [0.25, 0.3) is 0 Å². The normalized spacial score (nSPS) is 15.6. The van der Waals surface area contributed by atoms with Gasteiger partial charge in [-0.05, 0) is 43.6 Å². The smallest absolute Gasteiger partial charge is 0.373 e. The highest BCUT2D eigenvalue weighted by Gasteiger charge is 2.25.